The largest absolute Gasteiger partial charge is 0.392 e. The number of fused-ring (bicyclic) bond motifs is 2. The molecule has 0 saturated heterocycles. The summed E-state index contributed by atoms with van der Waals surface area (Å²) in [6, 6.07) is 9.51. The number of benzene rings is 2. The first kappa shape index (κ1) is 12.7. The molecule has 0 aromatic heterocycles. The average Bonchev–Trinajstić information content (AvgIpc) is 2.51. The maximum atomic E-state index is 12.5. The van der Waals surface area contributed by atoms with Crippen molar-refractivity contribution in [3.8, 4) is 0 Å². The third kappa shape index (κ3) is 1.78. The monoisotopic (exact) mass is 268 g/mol. The minimum absolute atomic E-state index is 0.182. The molecule has 2 N–H and O–H groups in total. The van der Waals surface area contributed by atoms with Crippen molar-refractivity contribution in [1.82, 2.24) is 0 Å². The molecular formula is C16H12O4. The molecular weight excluding hydrogens is 256 g/mol. The Morgan fingerprint density at radius 3 is 1.45 bits per heavy atom. The summed E-state index contributed by atoms with van der Waals surface area (Å²) >= 11 is 0. The molecule has 20 heavy (non-hydrogen) atoms. The number of aliphatic hydroxyl groups excluding tert-OH is 2. The van der Waals surface area contributed by atoms with Gasteiger partial charge in [-0.25, -0.2) is 0 Å². The van der Waals surface area contributed by atoms with Gasteiger partial charge in [0.2, 0.25) is 0 Å². The van der Waals surface area contributed by atoms with E-state index in [0.29, 0.717) is 33.4 Å². The topological polar surface area (TPSA) is 74.6 Å². The van der Waals surface area contributed by atoms with E-state index in [1.54, 1.807) is 36.4 Å². The first-order valence-electron chi connectivity index (χ1n) is 6.22. The maximum absolute atomic E-state index is 12.5. The molecule has 3 rings (SSSR count). The van der Waals surface area contributed by atoms with Crippen molar-refractivity contribution in [1.29, 1.82) is 0 Å². The highest BCUT2D eigenvalue weighted by Crippen LogP contribution is 2.28. The quantitative estimate of drug-likeness (QED) is 0.737. The third-order valence-electron chi connectivity index (χ3n) is 3.51. The van der Waals surface area contributed by atoms with Crippen LogP contribution in [-0.2, 0) is 13.2 Å². The van der Waals surface area contributed by atoms with Gasteiger partial charge in [0.1, 0.15) is 0 Å². The van der Waals surface area contributed by atoms with Crippen molar-refractivity contribution in [2.45, 2.75) is 13.2 Å². The Hall–Kier alpha value is -2.30. The molecule has 0 radical (unpaired) electrons. The Labute approximate surface area is 115 Å². The second-order valence-corrected chi connectivity index (χ2v) is 4.73. The highest BCUT2D eigenvalue weighted by atomic mass is 16.3. The first-order chi connectivity index (χ1) is 9.65. The molecule has 2 aromatic carbocycles. The van der Waals surface area contributed by atoms with Gasteiger partial charge in [-0.05, 0) is 35.4 Å². The zero-order valence-electron chi connectivity index (χ0n) is 10.6. The number of carbonyl (C=O) groups excluding carboxylic acids is 2. The second kappa shape index (κ2) is 4.67. The summed E-state index contributed by atoms with van der Waals surface area (Å²) in [4.78, 5) is 24.8. The van der Waals surface area contributed by atoms with Crippen LogP contribution in [0.25, 0.3) is 0 Å². The minimum atomic E-state index is -0.250. The standard InChI is InChI=1S/C16H12O4/c17-7-9-1-3-11-13(5-9)16(20)14-6-10(8-18)2-4-12(14)15(11)19/h1-6,17-18H,7-8H2. The molecule has 100 valence electrons. The van der Waals surface area contributed by atoms with Gasteiger partial charge in [-0.1, -0.05) is 12.1 Å². The molecule has 4 heteroatoms. The first-order valence-corrected chi connectivity index (χ1v) is 6.22. The van der Waals surface area contributed by atoms with Crippen molar-refractivity contribution < 1.29 is 19.8 Å². The highest BCUT2D eigenvalue weighted by Gasteiger charge is 2.29. The van der Waals surface area contributed by atoms with Crippen LogP contribution in [0.2, 0.25) is 0 Å². The molecule has 1 aliphatic carbocycles. The van der Waals surface area contributed by atoms with Crippen LogP contribution < -0.4 is 0 Å². The van der Waals surface area contributed by atoms with Gasteiger partial charge in [-0.15, -0.1) is 0 Å². The SMILES string of the molecule is O=C1c2ccc(CO)cc2C(=O)c2cc(CO)ccc21. The lowest BCUT2D eigenvalue weighted by atomic mass is 9.82. The summed E-state index contributed by atoms with van der Waals surface area (Å²) in [5.74, 6) is -0.455. The van der Waals surface area contributed by atoms with Crippen LogP contribution in [0.5, 0.6) is 0 Å². The van der Waals surface area contributed by atoms with Gasteiger partial charge in [0.15, 0.2) is 11.6 Å². The number of hydrogen-bond donors (Lipinski definition) is 2. The zero-order valence-corrected chi connectivity index (χ0v) is 10.6. The van der Waals surface area contributed by atoms with Gasteiger partial charge < -0.3 is 10.2 Å². The molecule has 0 saturated carbocycles. The van der Waals surface area contributed by atoms with Gasteiger partial charge in [0.25, 0.3) is 0 Å². The van der Waals surface area contributed by atoms with Crippen molar-refractivity contribution in [2.75, 3.05) is 0 Å². The van der Waals surface area contributed by atoms with E-state index < -0.39 is 0 Å². The Balaban J connectivity index is 2.22. The lowest BCUT2D eigenvalue weighted by Gasteiger charge is -2.18. The summed E-state index contributed by atoms with van der Waals surface area (Å²) < 4.78 is 0. The molecule has 1 aliphatic rings. The Morgan fingerprint density at radius 2 is 1.05 bits per heavy atom. The lowest BCUT2D eigenvalue weighted by molar-refractivity contribution is 0.0978. The highest BCUT2D eigenvalue weighted by molar-refractivity contribution is 6.28. The molecule has 0 spiro atoms. The van der Waals surface area contributed by atoms with E-state index >= 15 is 0 Å². The van der Waals surface area contributed by atoms with Gasteiger partial charge in [0.05, 0.1) is 13.2 Å². The summed E-state index contributed by atoms with van der Waals surface area (Å²) in [6.45, 7) is -0.365. The van der Waals surface area contributed by atoms with E-state index in [2.05, 4.69) is 0 Å². The lowest BCUT2D eigenvalue weighted by Crippen LogP contribution is -2.21. The van der Waals surface area contributed by atoms with Crippen LogP contribution in [0.4, 0.5) is 0 Å². The van der Waals surface area contributed by atoms with Crippen LogP contribution in [0.1, 0.15) is 43.0 Å². The molecule has 0 unspecified atom stereocenters. The van der Waals surface area contributed by atoms with Gasteiger partial charge in [-0.3, -0.25) is 9.59 Å². The Kier molecular flexibility index (Phi) is 2.97. The summed E-state index contributed by atoms with van der Waals surface area (Å²) in [5, 5.41) is 18.3. The van der Waals surface area contributed by atoms with Crippen LogP contribution in [0, 0.1) is 0 Å². The van der Waals surface area contributed by atoms with Crippen LogP contribution in [0.3, 0.4) is 0 Å². The smallest absolute Gasteiger partial charge is 0.194 e. The van der Waals surface area contributed by atoms with E-state index in [9.17, 15) is 9.59 Å². The maximum Gasteiger partial charge on any atom is 0.194 e. The zero-order chi connectivity index (χ0) is 14.3. The van der Waals surface area contributed by atoms with Crippen molar-refractivity contribution in [3.63, 3.8) is 0 Å². The van der Waals surface area contributed by atoms with Gasteiger partial charge in [-0.2, -0.15) is 0 Å². The van der Waals surface area contributed by atoms with E-state index in [1.807, 2.05) is 0 Å². The Bertz CT molecular complexity index is 672. The fourth-order valence-corrected chi connectivity index (χ4v) is 2.44. The van der Waals surface area contributed by atoms with E-state index in [1.165, 1.54) is 0 Å². The number of carbonyl (C=O) groups is 2. The number of ketones is 2. The summed E-state index contributed by atoms with van der Waals surface area (Å²) in [5.41, 5.74) is 2.51. The van der Waals surface area contributed by atoms with E-state index in [0.717, 1.165) is 0 Å². The number of rotatable bonds is 2. The Morgan fingerprint density at radius 1 is 0.650 bits per heavy atom. The molecule has 0 heterocycles. The summed E-state index contributed by atoms with van der Waals surface area (Å²) in [6.07, 6.45) is 0. The molecule has 0 atom stereocenters. The van der Waals surface area contributed by atoms with E-state index in [-0.39, 0.29) is 24.8 Å². The third-order valence-corrected chi connectivity index (χ3v) is 3.51. The van der Waals surface area contributed by atoms with Crippen molar-refractivity contribution in [3.05, 3.63) is 69.8 Å². The van der Waals surface area contributed by atoms with Crippen LogP contribution in [0.15, 0.2) is 36.4 Å². The fraction of sp³-hybridized carbons (Fsp3) is 0.125. The predicted molar refractivity (Wildman–Crippen MR) is 71.6 cm³/mol. The van der Waals surface area contributed by atoms with Gasteiger partial charge in [0, 0.05) is 22.3 Å². The van der Waals surface area contributed by atoms with Crippen molar-refractivity contribution >= 4 is 11.6 Å². The normalized spacial score (nSPS) is 13.1. The summed E-state index contributed by atoms with van der Waals surface area (Å²) in [7, 11) is 0. The molecule has 0 amide bonds. The van der Waals surface area contributed by atoms with Crippen molar-refractivity contribution in [2.24, 2.45) is 0 Å². The number of aliphatic hydroxyl groups is 2. The van der Waals surface area contributed by atoms with Crippen LogP contribution >= 0.6 is 0 Å². The molecule has 4 nitrogen and oxygen atoms in total. The minimum Gasteiger partial charge on any atom is -0.392 e. The molecule has 2 aromatic rings. The molecule has 0 bridgehead atoms. The molecule has 0 fully saturated rings. The van der Waals surface area contributed by atoms with Crippen LogP contribution in [-0.4, -0.2) is 21.8 Å². The van der Waals surface area contributed by atoms with E-state index in [4.69, 9.17) is 10.2 Å². The predicted octanol–water partition coefficient (Wildman–Crippen LogP) is 1.45. The second-order valence-electron chi connectivity index (χ2n) is 4.73. The molecule has 0 aliphatic heterocycles. The van der Waals surface area contributed by atoms with Gasteiger partial charge >= 0.3 is 0 Å². The fourth-order valence-electron chi connectivity index (χ4n) is 2.44. The average molecular weight is 268 g/mol. The number of hydrogen-bond acceptors (Lipinski definition) is 4.